The summed E-state index contributed by atoms with van der Waals surface area (Å²) in [5, 5.41) is 2.78. The number of hydrogen-bond donors (Lipinski definition) is 1. The lowest BCUT2D eigenvalue weighted by Crippen LogP contribution is -2.11. The summed E-state index contributed by atoms with van der Waals surface area (Å²) in [7, 11) is 1.29. The van der Waals surface area contributed by atoms with Crippen LogP contribution in [0.25, 0.3) is 0 Å². The Labute approximate surface area is 95.7 Å². The van der Waals surface area contributed by atoms with E-state index in [1.165, 1.54) is 7.11 Å². The molecule has 0 saturated carbocycles. The van der Waals surface area contributed by atoms with Crippen molar-refractivity contribution in [1.82, 2.24) is 0 Å². The second-order valence-electron chi connectivity index (χ2n) is 2.75. The van der Waals surface area contributed by atoms with Crippen LogP contribution in [0.1, 0.15) is 10.4 Å². The van der Waals surface area contributed by atoms with Gasteiger partial charge in [-0.25, -0.2) is 4.79 Å². The summed E-state index contributed by atoms with van der Waals surface area (Å²) in [6.45, 7) is 0. The lowest BCUT2D eigenvalue weighted by atomic mass is 10.1. The summed E-state index contributed by atoms with van der Waals surface area (Å²) in [5.74, 6) is -0.000354. The van der Waals surface area contributed by atoms with Crippen molar-refractivity contribution in [3.63, 3.8) is 0 Å². The van der Waals surface area contributed by atoms with Gasteiger partial charge in [-0.15, -0.1) is 0 Å². The highest BCUT2D eigenvalue weighted by molar-refractivity contribution is 9.09. The molecule has 1 rings (SSSR count). The molecule has 0 spiro atoms. The minimum Gasteiger partial charge on any atom is -0.453 e. The van der Waals surface area contributed by atoms with Gasteiger partial charge in [0.15, 0.2) is 5.78 Å². The second-order valence-corrected chi connectivity index (χ2v) is 3.31. The van der Waals surface area contributed by atoms with Crippen molar-refractivity contribution < 1.29 is 14.3 Å². The van der Waals surface area contributed by atoms with Crippen LogP contribution in [-0.4, -0.2) is 24.3 Å². The van der Waals surface area contributed by atoms with Gasteiger partial charge in [0, 0.05) is 11.3 Å². The van der Waals surface area contributed by atoms with Crippen LogP contribution >= 0.6 is 15.9 Å². The first-order valence-corrected chi connectivity index (χ1v) is 5.33. The predicted octanol–water partition coefficient (Wildman–Crippen LogP) is 2.44. The van der Waals surface area contributed by atoms with Crippen LogP contribution in [-0.2, 0) is 4.74 Å². The van der Waals surface area contributed by atoms with Crippen molar-refractivity contribution in [2.24, 2.45) is 0 Å². The molecule has 1 aromatic rings. The largest absolute Gasteiger partial charge is 0.453 e. The van der Waals surface area contributed by atoms with E-state index in [-0.39, 0.29) is 11.1 Å². The number of hydrogen-bond acceptors (Lipinski definition) is 3. The Bertz CT molecular complexity index is 361. The third kappa shape index (κ3) is 3.36. The number of carbonyl (C=O) groups is 2. The number of anilines is 1. The Morgan fingerprint density at radius 1 is 1.33 bits per heavy atom. The van der Waals surface area contributed by atoms with Crippen LogP contribution in [0.5, 0.6) is 0 Å². The average molecular weight is 272 g/mol. The van der Waals surface area contributed by atoms with Crippen molar-refractivity contribution in [3.05, 3.63) is 29.8 Å². The van der Waals surface area contributed by atoms with E-state index in [9.17, 15) is 9.59 Å². The maximum absolute atomic E-state index is 11.2. The normalized spacial score (nSPS) is 9.47. The molecule has 5 heteroatoms. The molecule has 0 unspecified atom stereocenters. The van der Waals surface area contributed by atoms with Crippen molar-refractivity contribution >= 4 is 33.5 Å². The molecule has 0 aromatic heterocycles. The van der Waals surface area contributed by atoms with E-state index < -0.39 is 6.09 Å². The van der Waals surface area contributed by atoms with Gasteiger partial charge in [0.1, 0.15) is 0 Å². The molecule has 0 bridgehead atoms. The highest BCUT2D eigenvalue weighted by Crippen LogP contribution is 2.10. The van der Waals surface area contributed by atoms with E-state index in [1.807, 2.05) is 0 Å². The molecule has 80 valence electrons. The third-order valence-corrected chi connectivity index (χ3v) is 2.27. The average Bonchev–Trinajstić information content (AvgIpc) is 2.29. The predicted molar refractivity (Wildman–Crippen MR) is 60.6 cm³/mol. The Morgan fingerprint density at radius 3 is 2.40 bits per heavy atom. The molecule has 0 fully saturated rings. The van der Waals surface area contributed by atoms with Crippen LogP contribution in [0.3, 0.4) is 0 Å². The van der Waals surface area contributed by atoms with E-state index in [1.54, 1.807) is 24.3 Å². The summed E-state index contributed by atoms with van der Waals surface area (Å²) >= 11 is 3.08. The number of benzene rings is 1. The summed E-state index contributed by atoms with van der Waals surface area (Å²) in [6.07, 6.45) is -0.533. The van der Waals surface area contributed by atoms with Crippen LogP contribution < -0.4 is 5.32 Å². The fourth-order valence-corrected chi connectivity index (χ4v) is 1.31. The molecule has 0 aliphatic carbocycles. The lowest BCUT2D eigenvalue weighted by Gasteiger charge is -2.03. The zero-order chi connectivity index (χ0) is 11.3. The van der Waals surface area contributed by atoms with Gasteiger partial charge in [-0.05, 0) is 24.3 Å². The number of nitrogens with one attached hydrogen (secondary N) is 1. The molecule has 1 N–H and O–H groups in total. The second kappa shape index (κ2) is 5.50. The van der Waals surface area contributed by atoms with E-state index in [4.69, 9.17) is 0 Å². The number of ether oxygens (including phenoxy) is 1. The van der Waals surface area contributed by atoms with Crippen molar-refractivity contribution in [2.75, 3.05) is 17.8 Å². The molecule has 1 aromatic carbocycles. The number of ketones is 1. The molecule has 0 radical (unpaired) electrons. The molecule has 0 aliphatic rings. The maximum atomic E-state index is 11.2. The van der Waals surface area contributed by atoms with E-state index in [2.05, 4.69) is 26.0 Å². The zero-order valence-electron chi connectivity index (χ0n) is 8.12. The number of Topliss-reactive ketones (excluding diaryl/α,β-unsaturated/α-hetero) is 1. The molecule has 1 amide bonds. The number of rotatable bonds is 3. The van der Waals surface area contributed by atoms with Crippen LogP contribution in [0.2, 0.25) is 0 Å². The fourth-order valence-electron chi connectivity index (χ4n) is 0.985. The van der Waals surface area contributed by atoms with Crippen LogP contribution in [0.15, 0.2) is 24.3 Å². The van der Waals surface area contributed by atoms with Gasteiger partial charge in [-0.1, -0.05) is 15.9 Å². The number of alkyl halides is 1. The van der Waals surface area contributed by atoms with Crippen LogP contribution in [0, 0.1) is 0 Å². The summed E-state index contributed by atoms with van der Waals surface area (Å²) < 4.78 is 4.43. The SMILES string of the molecule is COC(=O)Nc1ccc(C(=O)CBr)cc1. The smallest absolute Gasteiger partial charge is 0.411 e. The lowest BCUT2D eigenvalue weighted by molar-refractivity contribution is 0.102. The quantitative estimate of drug-likeness (QED) is 0.679. The molecule has 4 nitrogen and oxygen atoms in total. The molecule has 15 heavy (non-hydrogen) atoms. The number of amides is 1. The van der Waals surface area contributed by atoms with Crippen LogP contribution in [0.4, 0.5) is 10.5 Å². The highest BCUT2D eigenvalue weighted by atomic mass is 79.9. The van der Waals surface area contributed by atoms with Gasteiger partial charge in [0.05, 0.1) is 12.4 Å². The van der Waals surface area contributed by atoms with Gasteiger partial charge < -0.3 is 4.74 Å². The van der Waals surface area contributed by atoms with Crippen molar-refractivity contribution in [3.8, 4) is 0 Å². The first-order valence-electron chi connectivity index (χ1n) is 4.21. The maximum Gasteiger partial charge on any atom is 0.411 e. The first kappa shape index (κ1) is 11.7. The Balaban J connectivity index is 2.72. The third-order valence-electron chi connectivity index (χ3n) is 1.76. The van der Waals surface area contributed by atoms with E-state index in [0.29, 0.717) is 11.3 Å². The van der Waals surface area contributed by atoms with Gasteiger partial charge >= 0.3 is 6.09 Å². The first-order chi connectivity index (χ1) is 7.17. The summed E-state index contributed by atoms with van der Waals surface area (Å²) in [4.78, 5) is 22.1. The minimum atomic E-state index is -0.533. The zero-order valence-corrected chi connectivity index (χ0v) is 9.71. The van der Waals surface area contributed by atoms with Gasteiger partial charge in [-0.2, -0.15) is 0 Å². The Morgan fingerprint density at radius 2 is 1.93 bits per heavy atom. The highest BCUT2D eigenvalue weighted by Gasteiger charge is 2.04. The van der Waals surface area contributed by atoms with Crippen molar-refractivity contribution in [1.29, 1.82) is 0 Å². The van der Waals surface area contributed by atoms with Gasteiger partial charge in [-0.3, -0.25) is 10.1 Å². The topological polar surface area (TPSA) is 55.4 Å². The van der Waals surface area contributed by atoms with E-state index in [0.717, 1.165) is 0 Å². The minimum absolute atomic E-state index is 0.000354. The molecule has 0 aliphatic heterocycles. The monoisotopic (exact) mass is 271 g/mol. The van der Waals surface area contributed by atoms with E-state index >= 15 is 0 Å². The summed E-state index contributed by atoms with van der Waals surface area (Å²) in [5.41, 5.74) is 1.19. The van der Waals surface area contributed by atoms with Gasteiger partial charge in [0.25, 0.3) is 0 Å². The molecular weight excluding hydrogens is 262 g/mol. The molecule has 0 atom stereocenters. The number of methoxy groups -OCH3 is 1. The number of halogens is 1. The standard InChI is InChI=1S/C10H10BrNO3/c1-15-10(14)12-8-4-2-7(3-5-8)9(13)6-11/h2-5H,6H2,1H3,(H,12,14). The molecule has 0 saturated heterocycles. The Kier molecular flexibility index (Phi) is 4.30. The summed E-state index contributed by atoms with van der Waals surface area (Å²) in [6, 6.07) is 6.59. The van der Waals surface area contributed by atoms with Crippen molar-refractivity contribution in [2.45, 2.75) is 0 Å². The number of carbonyl (C=O) groups excluding carboxylic acids is 2. The molecular formula is C10H10BrNO3. The fraction of sp³-hybridized carbons (Fsp3) is 0.200. The van der Waals surface area contributed by atoms with Gasteiger partial charge in [0.2, 0.25) is 0 Å². The Hall–Kier alpha value is -1.36. The molecule has 0 heterocycles.